The van der Waals surface area contributed by atoms with Gasteiger partial charge >= 0.3 is 0 Å². The van der Waals surface area contributed by atoms with E-state index in [1.165, 1.54) is 13.1 Å². The van der Waals surface area contributed by atoms with Gasteiger partial charge in [0, 0.05) is 11.1 Å². The molecule has 0 heterocycles. The molecule has 0 spiro atoms. The van der Waals surface area contributed by atoms with Crippen molar-refractivity contribution in [1.29, 1.82) is 0 Å². The number of nitrogens with one attached hydrogen (secondary N) is 1. The standard InChI is InChI=1S/C14H14N2O3S/c1-16-20(18,19)13-5-3-2-4-12(13)10-6-8-11(9-7-10)14(15)17/h2-9,16H,1H3,(H2,15,17). The first-order chi connectivity index (χ1) is 9.45. The Bertz CT molecular complexity index is 737. The van der Waals surface area contributed by atoms with Crippen LogP contribution in [0.3, 0.4) is 0 Å². The summed E-state index contributed by atoms with van der Waals surface area (Å²) in [7, 11) is -2.18. The summed E-state index contributed by atoms with van der Waals surface area (Å²) in [5, 5.41) is 0. The zero-order chi connectivity index (χ0) is 14.8. The Morgan fingerprint density at radius 2 is 1.65 bits per heavy atom. The summed E-state index contributed by atoms with van der Waals surface area (Å²) in [6.07, 6.45) is 0. The number of benzene rings is 2. The second-order valence-corrected chi connectivity index (χ2v) is 6.00. The summed E-state index contributed by atoms with van der Waals surface area (Å²) in [5.41, 5.74) is 6.82. The molecule has 0 aliphatic heterocycles. The zero-order valence-corrected chi connectivity index (χ0v) is 11.6. The zero-order valence-electron chi connectivity index (χ0n) is 10.8. The van der Waals surface area contributed by atoms with Crippen LogP contribution in [0.5, 0.6) is 0 Å². The van der Waals surface area contributed by atoms with Gasteiger partial charge in [-0.3, -0.25) is 4.79 Å². The maximum atomic E-state index is 12.0. The van der Waals surface area contributed by atoms with Crippen molar-refractivity contribution in [1.82, 2.24) is 4.72 Å². The van der Waals surface area contributed by atoms with E-state index < -0.39 is 15.9 Å². The first-order valence-electron chi connectivity index (χ1n) is 5.88. The van der Waals surface area contributed by atoms with E-state index in [9.17, 15) is 13.2 Å². The molecule has 0 aliphatic rings. The summed E-state index contributed by atoms with van der Waals surface area (Å²) < 4.78 is 26.3. The van der Waals surface area contributed by atoms with E-state index in [1.807, 2.05) is 0 Å². The van der Waals surface area contributed by atoms with Crippen LogP contribution in [-0.2, 0) is 10.0 Å². The molecule has 0 bridgehead atoms. The van der Waals surface area contributed by atoms with Gasteiger partial charge < -0.3 is 5.73 Å². The minimum absolute atomic E-state index is 0.189. The summed E-state index contributed by atoms with van der Waals surface area (Å²) >= 11 is 0. The molecule has 0 aromatic heterocycles. The molecule has 0 saturated carbocycles. The topological polar surface area (TPSA) is 89.3 Å². The number of rotatable bonds is 4. The summed E-state index contributed by atoms with van der Waals surface area (Å²) in [6.45, 7) is 0. The molecule has 2 aromatic rings. The van der Waals surface area contributed by atoms with Crippen LogP contribution in [0.2, 0.25) is 0 Å². The smallest absolute Gasteiger partial charge is 0.248 e. The fraction of sp³-hybridized carbons (Fsp3) is 0.0714. The number of primary amides is 1. The molecule has 2 aromatic carbocycles. The van der Waals surface area contributed by atoms with Gasteiger partial charge in [-0.1, -0.05) is 30.3 Å². The van der Waals surface area contributed by atoms with Gasteiger partial charge in [-0.25, -0.2) is 13.1 Å². The maximum Gasteiger partial charge on any atom is 0.248 e. The minimum atomic E-state index is -3.55. The van der Waals surface area contributed by atoms with Crippen molar-refractivity contribution < 1.29 is 13.2 Å². The number of amides is 1. The third-order valence-corrected chi connectivity index (χ3v) is 4.40. The molecule has 5 nitrogen and oxygen atoms in total. The Hall–Kier alpha value is -2.18. The van der Waals surface area contributed by atoms with Crippen LogP contribution in [0, 0.1) is 0 Å². The first kappa shape index (κ1) is 14.2. The molecule has 3 N–H and O–H groups in total. The van der Waals surface area contributed by atoms with Crippen LogP contribution in [0.4, 0.5) is 0 Å². The molecule has 6 heteroatoms. The predicted molar refractivity (Wildman–Crippen MR) is 76.6 cm³/mol. The minimum Gasteiger partial charge on any atom is -0.366 e. The lowest BCUT2D eigenvalue weighted by Gasteiger charge is -2.10. The van der Waals surface area contributed by atoms with E-state index >= 15 is 0 Å². The number of carbonyl (C=O) groups is 1. The average Bonchev–Trinajstić information content (AvgIpc) is 2.47. The van der Waals surface area contributed by atoms with E-state index in [2.05, 4.69) is 4.72 Å². The first-order valence-corrected chi connectivity index (χ1v) is 7.37. The van der Waals surface area contributed by atoms with Crippen molar-refractivity contribution in [3.05, 3.63) is 54.1 Å². The fourth-order valence-electron chi connectivity index (χ4n) is 1.86. The van der Waals surface area contributed by atoms with E-state index in [0.29, 0.717) is 16.7 Å². The monoisotopic (exact) mass is 290 g/mol. The molecule has 0 radical (unpaired) electrons. The highest BCUT2D eigenvalue weighted by molar-refractivity contribution is 7.89. The Labute approximate surface area is 117 Å². The van der Waals surface area contributed by atoms with Crippen LogP contribution >= 0.6 is 0 Å². The Morgan fingerprint density at radius 3 is 2.20 bits per heavy atom. The average molecular weight is 290 g/mol. The van der Waals surface area contributed by atoms with Crippen LogP contribution in [-0.4, -0.2) is 21.4 Å². The van der Waals surface area contributed by atoms with Crippen LogP contribution in [0.1, 0.15) is 10.4 Å². The van der Waals surface area contributed by atoms with E-state index in [4.69, 9.17) is 5.73 Å². The molecular formula is C14H14N2O3S. The molecule has 104 valence electrons. The Morgan fingerprint density at radius 1 is 1.05 bits per heavy atom. The van der Waals surface area contributed by atoms with Crippen molar-refractivity contribution in [2.75, 3.05) is 7.05 Å². The molecule has 1 amide bonds. The van der Waals surface area contributed by atoms with Crippen molar-refractivity contribution in [3.63, 3.8) is 0 Å². The molecule has 0 fully saturated rings. The van der Waals surface area contributed by atoms with E-state index in [0.717, 1.165) is 0 Å². The lowest BCUT2D eigenvalue weighted by molar-refractivity contribution is 0.100. The largest absolute Gasteiger partial charge is 0.366 e. The second kappa shape index (κ2) is 5.44. The van der Waals surface area contributed by atoms with Gasteiger partial charge in [0.15, 0.2) is 0 Å². The number of hydrogen-bond acceptors (Lipinski definition) is 3. The van der Waals surface area contributed by atoms with Gasteiger partial charge in [0.25, 0.3) is 0 Å². The quantitative estimate of drug-likeness (QED) is 0.891. The van der Waals surface area contributed by atoms with Crippen LogP contribution < -0.4 is 10.5 Å². The van der Waals surface area contributed by atoms with Gasteiger partial charge in [0.1, 0.15) is 0 Å². The number of sulfonamides is 1. The van der Waals surface area contributed by atoms with Crippen LogP contribution in [0.25, 0.3) is 11.1 Å². The normalized spacial score (nSPS) is 11.2. The van der Waals surface area contributed by atoms with Crippen molar-refractivity contribution in [3.8, 4) is 11.1 Å². The molecule has 20 heavy (non-hydrogen) atoms. The number of nitrogens with two attached hydrogens (primary N) is 1. The molecule has 0 unspecified atom stereocenters. The Kier molecular flexibility index (Phi) is 3.87. The van der Waals surface area contributed by atoms with E-state index in [1.54, 1.807) is 42.5 Å². The van der Waals surface area contributed by atoms with Crippen molar-refractivity contribution in [2.24, 2.45) is 5.73 Å². The van der Waals surface area contributed by atoms with Crippen LogP contribution in [0.15, 0.2) is 53.4 Å². The lowest BCUT2D eigenvalue weighted by atomic mass is 10.0. The highest BCUT2D eigenvalue weighted by Crippen LogP contribution is 2.27. The highest BCUT2D eigenvalue weighted by atomic mass is 32.2. The third-order valence-electron chi connectivity index (χ3n) is 2.93. The summed E-state index contributed by atoms with van der Waals surface area (Å²) in [4.78, 5) is 11.2. The van der Waals surface area contributed by atoms with Gasteiger partial charge in [0.2, 0.25) is 15.9 Å². The maximum absolute atomic E-state index is 12.0. The lowest BCUT2D eigenvalue weighted by Crippen LogP contribution is -2.19. The third kappa shape index (κ3) is 2.71. The summed E-state index contributed by atoms with van der Waals surface area (Å²) in [5.74, 6) is -0.521. The molecular weight excluding hydrogens is 276 g/mol. The summed E-state index contributed by atoms with van der Waals surface area (Å²) in [6, 6.07) is 13.1. The number of hydrogen-bond donors (Lipinski definition) is 2. The second-order valence-electron chi connectivity index (χ2n) is 4.15. The molecule has 0 saturated heterocycles. The molecule has 0 atom stereocenters. The van der Waals surface area contributed by atoms with Gasteiger partial charge in [-0.15, -0.1) is 0 Å². The molecule has 2 rings (SSSR count). The SMILES string of the molecule is CNS(=O)(=O)c1ccccc1-c1ccc(C(N)=O)cc1. The number of carbonyl (C=O) groups excluding carboxylic acids is 1. The van der Waals surface area contributed by atoms with Gasteiger partial charge in [-0.05, 0) is 30.8 Å². The molecule has 0 aliphatic carbocycles. The van der Waals surface area contributed by atoms with Gasteiger partial charge in [0.05, 0.1) is 4.90 Å². The Balaban J connectivity index is 2.56. The fourth-order valence-corrected chi connectivity index (χ4v) is 2.82. The van der Waals surface area contributed by atoms with E-state index in [-0.39, 0.29) is 4.90 Å². The highest BCUT2D eigenvalue weighted by Gasteiger charge is 2.16. The van der Waals surface area contributed by atoms with Crippen molar-refractivity contribution >= 4 is 15.9 Å². The predicted octanol–water partition coefficient (Wildman–Crippen LogP) is 1.36. The van der Waals surface area contributed by atoms with Crippen molar-refractivity contribution in [2.45, 2.75) is 4.90 Å². The van der Waals surface area contributed by atoms with Gasteiger partial charge in [-0.2, -0.15) is 0 Å².